The van der Waals surface area contributed by atoms with Crippen molar-refractivity contribution < 1.29 is 19.0 Å². The number of fused-ring (bicyclic) bond motifs is 1. The molecule has 0 saturated carbocycles. The molecule has 2 atom stereocenters. The van der Waals surface area contributed by atoms with Crippen LogP contribution in [0.25, 0.3) is 33.4 Å². The molecule has 1 saturated heterocycles. The van der Waals surface area contributed by atoms with E-state index in [0.717, 1.165) is 22.2 Å². The molecule has 1 amide bonds. The highest BCUT2D eigenvalue weighted by molar-refractivity contribution is 5.97. The van der Waals surface area contributed by atoms with Gasteiger partial charge in [0.1, 0.15) is 12.0 Å². The average molecular weight is 474 g/mol. The maximum atomic E-state index is 13.1. The van der Waals surface area contributed by atoms with E-state index in [1.165, 1.54) is 13.4 Å². The zero-order valence-electron chi connectivity index (χ0n) is 20.1. The van der Waals surface area contributed by atoms with Gasteiger partial charge in [-0.05, 0) is 19.9 Å². The molecule has 1 aliphatic heterocycles. The zero-order valence-corrected chi connectivity index (χ0v) is 20.1. The number of carbonyl (C=O) groups excluding carboxylic acids is 1. The summed E-state index contributed by atoms with van der Waals surface area (Å²) in [5, 5.41) is 5.40. The van der Waals surface area contributed by atoms with Gasteiger partial charge in [0.05, 0.1) is 43.6 Å². The Labute approximate surface area is 203 Å². The van der Waals surface area contributed by atoms with E-state index in [0.29, 0.717) is 35.9 Å². The maximum Gasteiger partial charge on any atom is 0.416 e. The third kappa shape index (κ3) is 4.30. The van der Waals surface area contributed by atoms with Gasteiger partial charge in [-0.1, -0.05) is 30.3 Å². The average Bonchev–Trinajstić information content (AvgIpc) is 3.25. The Kier molecular flexibility index (Phi) is 6.08. The Balaban J connectivity index is 1.60. The lowest BCUT2D eigenvalue weighted by molar-refractivity contribution is -0.0238. The quantitative estimate of drug-likeness (QED) is 0.436. The molecule has 9 nitrogen and oxygen atoms in total. The Morgan fingerprint density at radius 2 is 1.77 bits per heavy atom. The minimum Gasteiger partial charge on any atom is -0.493 e. The molecule has 0 spiro atoms. The summed E-state index contributed by atoms with van der Waals surface area (Å²) in [5.74, 6) is 0.718. The number of aryl methyl sites for hydroxylation is 1. The molecule has 0 bridgehead atoms. The van der Waals surface area contributed by atoms with E-state index in [4.69, 9.17) is 14.2 Å². The SMILES string of the molecule is COc1cc2ncnc(-c3cn(C)nc3-c3ccccc3)c2cc1OC(=O)N1[C@@H](C)COC[C@@H]1C. The van der Waals surface area contributed by atoms with E-state index in [2.05, 4.69) is 15.1 Å². The van der Waals surface area contributed by atoms with E-state index < -0.39 is 6.09 Å². The van der Waals surface area contributed by atoms with Crippen LogP contribution in [0.4, 0.5) is 4.79 Å². The second kappa shape index (κ2) is 9.34. The first-order valence-corrected chi connectivity index (χ1v) is 11.5. The predicted molar refractivity (Wildman–Crippen MR) is 131 cm³/mol. The van der Waals surface area contributed by atoms with Crippen LogP contribution >= 0.6 is 0 Å². The molecule has 2 aromatic carbocycles. The molecule has 0 N–H and O–H groups in total. The Bertz CT molecular complexity index is 1360. The van der Waals surface area contributed by atoms with Crippen molar-refractivity contribution in [2.24, 2.45) is 7.05 Å². The number of hydrogen-bond acceptors (Lipinski definition) is 7. The molecule has 0 radical (unpaired) electrons. The number of amides is 1. The number of morpholine rings is 1. The second-order valence-corrected chi connectivity index (χ2v) is 8.68. The number of aromatic nitrogens is 4. The fourth-order valence-electron chi connectivity index (χ4n) is 4.50. The van der Waals surface area contributed by atoms with E-state index >= 15 is 0 Å². The third-order valence-corrected chi connectivity index (χ3v) is 6.13. The molecule has 3 heterocycles. The van der Waals surface area contributed by atoms with Crippen LogP contribution in [-0.4, -0.2) is 63.1 Å². The van der Waals surface area contributed by atoms with E-state index in [1.807, 2.05) is 57.4 Å². The lowest BCUT2D eigenvalue weighted by Crippen LogP contribution is -2.53. The molecule has 35 heavy (non-hydrogen) atoms. The topological polar surface area (TPSA) is 91.6 Å². The number of carbonyl (C=O) groups is 1. The highest BCUT2D eigenvalue weighted by Gasteiger charge is 2.32. The van der Waals surface area contributed by atoms with Crippen molar-refractivity contribution >= 4 is 17.0 Å². The fourth-order valence-corrected chi connectivity index (χ4v) is 4.50. The highest BCUT2D eigenvalue weighted by atomic mass is 16.6. The van der Waals surface area contributed by atoms with Crippen molar-refractivity contribution in [2.45, 2.75) is 25.9 Å². The minimum atomic E-state index is -0.448. The van der Waals surface area contributed by atoms with Gasteiger partial charge in [0.25, 0.3) is 0 Å². The Morgan fingerprint density at radius 3 is 2.49 bits per heavy atom. The van der Waals surface area contributed by atoms with Crippen molar-refractivity contribution in [3.05, 3.63) is 55.0 Å². The number of ether oxygens (including phenoxy) is 3. The van der Waals surface area contributed by atoms with Crippen LogP contribution in [0.5, 0.6) is 11.5 Å². The monoisotopic (exact) mass is 473 g/mol. The second-order valence-electron chi connectivity index (χ2n) is 8.68. The molecule has 9 heteroatoms. The van der Waals surface area contributed by atoms with E-state index in [9.17, 15) is 4.79 Å². The van der Waals surface area contributed by atoms with Gasteiger partial charge in [0, 0.05) is 35.8 Å². The van der Waals surface area contributed by atoms with Crippen molar-refractivity contribution in [3.63, 3.8) is 0 Å². The van der Waals surface area contributed by atoms with Gasteiger partial charge < -0.3 is 14.2 Å². The predicted octanol–water partition coefficient (Wildman–Crippen LogP) is 4.31. The molecule has 2 aromatic heterocycles. The number of rotatable bonds is 4. The number of nitrogens with zero attached hydrogens (tertiary/aromatic N) is 5. The van der Waals surface area contributed by atoms with Crippen LogP contribution in [-0.2, 0) is 11.8 Å². The van der Waals surface area contributed by atoms with Crippen molar-refractivity contribution in [1.82, 2.24) is 24.6 Å². The molecule has 4 aromatic rings. The van der Waals surface area contributed by atoms with Crippen LogP contribution in [0.1, 0.15) is 13.8 Å². The first kappa shape index (κ1) is 22.8. The van der Waals surface area contributed by atoms with Crippen molar-refractivity contribution in [3.8, 4) is 34.0 Å². The van der Waals surface area contributed by atoms with Crippen molar-refractivity contribution in [1.29, 1.82) is 0 Å². The molecule has 180 valence electrons. The standard InChI is InChI=1S/C26H27N5O4/c1-16-13-34-14-17(2)31(16)26(32)35-23-10-19-21(11-22(23)33-4)27-15-28-25(19)20-12-30(3)29-24(20)18-8-6-5-7-9-18/h5-12,15-17H,13-14H2,1-4H3/t16-,17-/m0/s1. The first-order chi connectivity index (χ1) is 17.0. The molecule has 0 aliphatic carbocycles. The van der Waals surface area contributed by atoms with Crippen LogP contribution in [0.15, 0.2) is 55.0 Å². The minimum absolute atomic E-state index is 0.0968. The third-order valence-electron chi connectivity index (χ3n) is 6.13. The number of methoxy groups -OCH3 is 1. The summed E-state index contributed by atoms with van der Waals surface area (Å²) in [5.41, 5.74) is 3.99. The van der Waals surface area contributed by atoms with Crippen LogP contribution < -0.4 is 9.47 Å². The molecular formula is C26H27N5O4. The van der Waals surface area contributed by atoms with Gasteiger partial charge in [0.2, 0.25) is 0 Å². The van der Waals surface area contributed by atoms with Crippen molar-refractivity contribution in [2.75, 3.05) is 20.3 Å². The molecular weight excluding hydrogens is 446 g/mol. The Hall–Kier alpha value is -3.98. The Morgan fingerprint density at radius 1 is 1.03 bits per heavy atom. The van der Waals surface area contributed by atoms with Gasteiger partial charge in [-0.15, -0.1) is 0 Å². The smallest absolute Gasteiger partial charge is 0.416 e. The number of benzene rings is 2. The normalized spacial score (nSPS) is 18.0. The lowest BCUT2D eigenvalue weighted by Gasteiger charge is -2.37. The molecule has 5 rings (SSSR count). The maximum absolute atomic E-state index is 13.1. The highest BCUT2D eigenvalue weighted by Crippen LogP contribution is 2.38. The zero-order chi connectivity index (χ0) is 24.5. The summed E-state index contributed by atoms with van der Waals surface area (Å²) in [6.45, 7) is 4.81. The fraction of sp³-hybridized carbons (Fsp3) is 0.308. The summed E-state index contributed by atoms with van der Waals surface area (Å²) in [6, 6.07) is 13.3. The summed E-state index contributed by atoms with van der Waals surface area (Å²) in [7, 11) is 3.41. The first-order valence-electron chi connectivity index (χ1n) is 11.5. The lowest BCUT2D eigenvalue weighted by atomic mass is 10.0. The van der Waals surface area contributed by atoms with Crippen LogP contribution in [0.3, 0.4) is 0 Å². The van der Waals surface area contributed by atoms with Gasteiger partial charge in [-0.2, -0.15) is 5.10 Å². The molecule has 1 aliphatic rings. The van der Waals surface area contributed by atoms with Crippen LogP contribution in [0, 0.1) is 0 Å². The summed E-state index contributed by atoms with van der Waals surface area (Å²) in [4.78, 5) is 23.9. The largest absolute Gasteiger partial charge is 0.493 e. The summed E-state index contributed by atoms with van der Waals surface area (Å²) in [6.07, 6.45) is 2.99. The van der Waals surface area contributed by atoms with E-state index in [-0.39, 0.29) is 12.1 Å². The van der Waals surface area contributed by atoms with Crippen LogP contribution in [0.2, 0.25) is 0 Å². The summed E-state index contributed by atoms with van der Waals surface area (Å²) < 4.78 is 18.7. The van der Waals surface area contributed by atoms with Gasteiger partial charge in [-0.3, -0.25) is 9.58 Å². The summed E-state index contributed by atoms with van der Waals surface area (Å²) >= 11 is 0. The molecule has 0 unspecified atom stereocenters. The number of hydrogen-bond donors (Lipinski definition) is 0. The van der Waals surface area contributed by atoms with Gasteiger partial charge >= 0.3 is 6.09 Å². The molecule has 1 fully saturated rings. The van der Waals surface area contributed by atoms with Gasteiger partial charge in [-0.25, -0.2) is 14.8 Å². The van der Waals surface area contributed by atoms with E-state index in [1.54, 1.807) is 21.7 Å². The van der Waals surface area contributed by atoms with Gasteiger partial charge in [0.15, 0.2) is 11.5 Å².